The number of nitrogens with zero attached hydrogens (tertiary/aromatic N) is 2. The highest BCUT2D eigenvalue weighted by Crippen LogP contribution is 2.29. The van der Waals surface area contributed by atoms with Crippen LogP contribution in [0, 0.1) is 6.92 Å². The predicted molar refractivity (Wildman–Crippen MR) is 115 cm³/mol. The average Bonchev–Trinajstić information content (AvgIpc) is 3.11. The molecule has 1 aromatic heterocycles. The summed E-state index contributed by atoms with van der Waals surface area (Å²) in [5, 5.41) is 3.17. The third-order valence-corrected chi connectivity index (χ3v) is 6.29. The van der Waals surface area contributed by atoms with E-state index in [2.05, 4.69) is 10.3 Å². The summed E-state index contributed by atoms with van der Waals surface area (Å²) in [6.07, 6.45) is 0. The van der Waals surface area contributed by atoms with E-state index in [1.165, 1.54) is 23.1 Å². The van der Waals surface area contributed by atoms with Crippen molar-refractivity contribution in [3.05, 3.63) is 54.1 Å². The molecular formula is C20H21N3O2S2. The zero-order valence-corrected chi connectivity index (χ0v) is 17.1. The number of thioether (sulfide) groups is 1. The van der Waals surface area contributed by atoms with Crippen molar-refractivity contribution >= 4 is 55.9 Å². The lowest BCUT2D eigenvalue weighted by molar-refractivity contribution is -0.117. The van der Waals surface area contributed by atoms with Crippen molar-refractivity contribution in [3.8, 4) is 0 Å². The van der Waals surface area contributed by atoms with E-state index in [4.69, 9.17) is 0 Å². The molecule has 2 aromatic carbocycles. The minimum Gasteiger partial charge on any atom is -0.325 e. The zero-order valence-electron chi connectivity index (χ0n) is 15.4. The van der Waals surface area contributed by atoms with Gasteiger partial charge in [-0.15, -0.1) is 11.8 Å². The fourth-order valence-electron chi connectivity index (χ4n) is 2.48. The second-order valence-electron chi connectivity index (χ2n) is 6.23. The van der Waals surface area contributed by atoms with Gasteiger partial charge in [-0.1, -0.05) is 41.2 Å². The molecule has 140 valence electrons. The summed E-state index contributed by atoms with van der Waals surface area (Å²) >= 11 is 2.80. The first-order valence-electron chi connectivity index (χ1n) is 8.55. The molecule has 0 bridgehead atoms. The van der Waals surface area contributed by atoms with Crippen molar-refractivity contribution in [3.63, 3.8) is 0 Å². The highest BCUT2D eigenvalue weighted by molar-refractivity contribution is 8.01. The molecule has 0 radical (unpaired) electrons. The smallest absolute Gasteiger partial charge is 0.241 e. The topological polar surface area (TPSA) is 62.3 Å². The summed E-state index contributed by atoms with van der Waals surface area (Å²) in [6, 6.07) is 15.4. The molecule has 0 aliphatic rings. The van der Waals surface area contributed by atoms with E-state index in [1.807, 2.05) is 62.4 Å². The molecule has 0 unspecified atom stereocenters. The van der Waals surface area contributed by atoms with Gasteiger partial charge in [0.1, 0.15) is 0 Å². The summed E-state index contributed by atoms with van der Waals surface area (Å²) in [4.78, 5) is 30.9. The maximum atomic E-state index is 12.7. The fourth-order valence-corrected chi connectivity index (χ4v) is 4.18. The predicted octanol–water partition coefficient (Wildman–Crippen LogP) is 4.33. The molecule has 1 heterocycles. The summed E-state index contributed by atoms with van der Waals surface area (Å²) in [5.74, 6) is 0.0300. The third-order valence-electron chi connectivity index (χ3n) is 4.05. The van der Waals surface area contributed by atoms with Crippen LogP contribution in [-0.4, -0.2) is 34.8 Å². The van der Waals surface area contributed by atoms with Crippen molar-refractivity contribution in [2.75, 3.05) is 23.0 Å². The van der Waals surface area contributed by atoms with Gasteiger partial charge in [0, 0.05) is 12.7 Å². The van der Waals surface area contributed by atoms with Crippen molar-refractivity contribution in [2.24, 2.45) is 0 Å². The van der Waals surface area contributed by atoms with Gasteiger partial charge in [0.25, 0.3) is 0 Å². The van der Waals surface area contributed by atoms with Crippen LogP contribution in [0.2, 0.25) is 0 Å². The fraction of sp³-hybridized carbons (Fsp3) is 0.250. The molecule has 2 amide bonds. The van der Waals surface area contributed by atoms with Crippen molar-refractivity contribution in [2.45, 2.75) is 19.1 Å². The van der Waals surface area contributed by atoms with Crippen LogP contribution in [0.4, 0.5) is 10.8 Å². The van der Waals surface area contributed by atoms with Gasteiger partial charge in [-0.3, -0.25) is 14.5 Å². The second kappa shape index (κ2) is 8.54. The Labute approximate surface area is 166 Å². The standard InChI is InChI=1S/C20H21N3O2S2/c1-13-8-10-15(11-9-13)21-18(24)12-26-14(2)19(25)23(3)20-22-16-6-4-5-7-17(16)27-20/h4-11,14H,12H2,1-3H3,(H,21,24)/t14-/m1/s1. The number of fused-ring (bicyclic) bond motifs is 1. The van der Waals surface area contributed by atoms with E-state index < -0.39 is 0 Å². The Morgan fingerprint density at radius 3 is 2.59 bits per heavy atom. The lowest BCUT2D eigenvalue weighted by Crippen LogP contribution is -2.33. The largest absolute Gasteiger partial charge is 0.325 e. The number of para-hydroxylation sites is 1. The minimum atomic E-state index is -0.342. The molecule has 5 nitrogen and oxygen atoms in total. The molecule has 0 aliphatic carbocycles. The minimum absolute atomic E-state index is 0.0674. The van der Waals surface area contributed by atoms with Crippen molar-refractivity contribution < 1.29 is 9.59 Å². The first kappa shape index (κ1) is 19.4. The number of carbonyl (C=O) groups excluding carboxylic acids is 2. The van der Waals surface area contributed by atoms with Crippen LogP contribution in [0.3, 0.4) is 0 Å². The SMILES string of the molecule is Cc1ccc(NC(=O)CS[C@H](C)C(=O)N(C)c2nc3ccccc3s2)cc1. The van der Waals surface area contributed by atoms with Gasteiger partial charge in [0.05, 0.1) is 21.2 Å². The van der Waals surface area contributed by atoms with Crippen LogP contribution in [0.25, 0.3) is 10.2 Å². The number of amides is 2. The summed E-state index contributed by atoms with van der Waals surface area (Å²) in [6.45, 7) is 3.81. The number of nitrogens with one attached hydrogen (secondary N) is 1. The third kappa shape index (κ3) is 4.87. The number of rotatable bonds is 6. The van der Waals surface area contributed by atoms with Crippen LogP contribution in [0.15, 0.2) is 48.5 Å². The van der Waals surface area contributed by atoms with E-state index in [9.17, 15) is 9.59 Å². The summed E-state index contributed by atoms with van der Waals surface area (Å²) in [7, 11) is 1.73. The molecule has 27 heavy (non-hydrogen) atoms. The molecule has 0 fully saturated rings. The highest BCUT2D eigenvalue weighted by Gasteiger charge is 2.22. The molecular weight excluding hydrogens is 378 g/mol. The van der Waals surface area contributed by atoms with E-state index in [-0.39, 0.29) is 22.8 Å². The Kier molecular flexibility index (Phi) is 6.13. The van der Waals surface area contributed by atoms with E-state index in [0.29, 0.717) is 5.13 Å². The highest BCUT2D eigenvalue weighted by atomic mass is 32.2. The van der Waals surface area contributed by atoms with Gasteiger partial charge in [-0.05, 0) is 38.1 Å². The van der Waals surface area contributed by atoms with Gasteiger partial charge in [-0.25, -0.2) is 4.98 Å². The van der Waals surface area contributed by atoms with Gasteiger partial charge in [-0.2, -0.15) is 0 Å². The van der Waals surface area contributed by atoms with Gasteiger partial charge < -0.3 is 5.32 Å². The average molecular weight is 400 g/mol. The number of aromatic nitrogens is 1. The molecule has 1 atom stereocenters. The first-order chi connectivity index (χ1) is 12.9. The van der Waals surface area contributed by atoms with Crippen molar-refractivity contribution in [1.82, 2.24) is 4.98 Å². The van der Waals surface area contributed by atoms with Gasteiger partial charge in [0.2, 0.25) is 11.8 Å². The number of hydrogen-bond acceptors (Lipinski definition) is 5. The lowest BCUT2D eigenvalue weighted by Gasteiger charge is -2.18. The Bertz CT molecular complexity index is 920. The normalized spacial score (nSPS) is 12.0. The van der Waals surface area contributed by atoms with Crippen LogP contribution in [-0.2, 0) is 9.59 Å². The summed E-state index contributed by atoms with van der Waals surface area (Å²) in [5.41, 5.74) is 2.78. The Morgan fingerprint density at radius 2 is 1.89 bits per heavy atom. The molecule has 0 saturated carbocycles. The maximum absolute atomic E-state index is 12.7. The molecule has 7 heteroatoms. The monoisotopic (exact) mass is 399 g/mol. The molecule has 0 spiro atoms. The Balaban J connectivity index is 1.54. The number of benzene rings is 2. The van der Waals surface area contributed by atoms with Gasteiger partial charge in [0.15, 0.2) is 5.13 Å². The summed E-state index contributed by atoms with van der Waals surface area (Å²) < 4.78 is 1.05. The molecule has 0 aliphatic heterocycles. The number of anilines is 2. The molecule has 3 aromatic rings. The molecule has 1 N–H and O–H groups in total. The molecule has 0 saturated heterocycles. The van der Waals surface area contributed by atoms with Crippen molar-refractivity contribution in [1.29, 1.82) is 0 Å². The number of thiazole rings is 1. The number of carbonyl (C=O) groups is 2. The first-order valence-corrected chi connectivity index (χ1v) is 10.4. The maximum Gasteiger partial charge on any atom is 0.241 e. The lowest BCUT2D eigenvalue weighted by atomic mass is 10.2. The van der Waals surface area contributed by atoms with Crippen LogP contribution >= 0.6 is 23.1 Å². The van der Waals surface area contributed by atoms with Crippen LogP contribution in [0.5, 0.6) is 0 Å². The zero-order chi connectivity index (χ0) is 19.4. The Morgan fingerprint density at radius 1 is 1.19 bits per heavy atom. The quantitative estimate of drug-likeness (QED) is 0.670. The molecule has 3 rings (SSSR count). The van der Waals surface area contributed by atoms with E-state index in [1.54, 1.807) is 11.9 Å². The second-order valence-corrected chi connectivity index (χ2v) is 8.57. The Hall–Kier alpha value is -2.38. The van der Waals surface area contributed by atoms with Crippen LogP contribution < -0.4 is 10.2 Å². The van der Waals surface area contributed by atoms with E-state index in [0.717, 1.165) is 21.5 Å². The van der Waals surface area contributed by atoms with Crippen LogP contribution in [0.1, 0.15) is 12.5 Å². The number of aryl methyl sites for hydroxylation is 1. The van der Waals surface area contributed by atoms with Gasteiger partial charge >= 0.3 is 0 Å². The van der Waals surface area contributed by atoms with E-state index >= 15 is 0 Å². The number of hydrogen-bond donors (Lipinski definition) is 1.